The Morgan fingerprint density at radius 3 is 2.55 bits per heavy atom. The van der Waals surface area contributed by atoms with Crippen LogP contribution in [0, 0.1) is 17.0 Å². The number of nitrogens with zero attached hydrogens (tertiary/aromatic N) is 1. The summed E-state index contributed by atoms with van der Waals surface area (Å²) in [6.07, 6.45) is 0. The van der Waals surface area contributed by atoms with Crippen LogP contribution in [0.15, 0.2) is 41.2 Å². The Morgan fingerprint density at radius 1 is 1.05 bits per heavy atom. The van der Waals surface area contributed by atoms with Gasteiger partial charge >= 0.3 is 5.69 Å². The van der Waals surface area contributed by atoms with Crippen molar-refractivity contribution in [3.63, 3.8) is 0 Å². The van der Waals surface area contributed by atoms with Crippen LogP contribution in [0.3, 0.4) is 0 Å². The van der Waals surface area contributed by atoms with Crippen LogP contribution >= 0.6 is 0 Å². The van der Waals surface area contributed by atoms with Gasteiger partial charge in [0, 0.05) is 12.1 Å². The van der Waals surface area contributed by atoms with Crippen molar-refractivity contribution in [1.29, 1.82) is 0 Å². The second kappa shape index (κ2) is 4.34. The van der Waals surface area contributed by atoms with Gasteiger partial charge in [-0.2, -0.15) is 0 Å². The lowest BCUT2D eigenvalue weighted by molar-refractivity contribution is -0.384. The fourth-order valence-corrected chi connectivity index (χ4v) is 2.23. The van der Waals surface area contributed by atoms with Gasteiger partial charge in [-0.15, -0.1) is 0 Å². The van der Waals surface area contributed by atoms with Crippen molar-refractivity contribution >= 4 is 16.7 Å². The number of H-pyrrole nitrogens is 2. The highest BCUT2D eigenvalue weighted by atomic mass is 16.6. The Balaban J connectivity index is 2.21. The first kappa shape index (κ1) is 12.2. The first-order valence-corrected chi connectivity index (χ1v) is 6.02. The summed E-state index contributed by atoms with van der Waals surface area (Å²) >= 11 is 0. The minimum atomic E-state index is -0.417. The van der Waals surface area contributed by atoms with Gasteiger partial charge in [0.1, 0.15) is 0 Å². The van der Waals surface area contributed by atoms with E-state index >= 15 is 0 Å². The molecule has 0 aliphatic carbocycles. The molecule has 0 atom stereocenters. The molecule has 100 valence electrons. The Hall–Kier alpha value is -2.89. The molecule has 2 N–H and O–H groups in total. The molecule has 3 rings (SSSR count). The molecule has 0 fully saturated rings. The van der Waals surface area contributed by atoms with E-state index in [2.05, 4.69) is 9.97 Å². The van der Waals surface area contributed by atoms with Crippen LogP contribution in [-0.4, -0.2) is 14.9 Å². The number of aryl methyl sites for hydroxylation is 1. The molecule has 2 aromatic carbocycles. The maximum Gasteiger partial charge on any atom is 0.323 e. The Kier molecular flexibility index (Phi) is 2.64. The zero-order valence-corrected chi connectivity index (χ0v) is 10.6. The predicted molar refractivity (Wildman–Crippen MR) is 75.7 cm³/mol. The van der Waals surface area contributed by atoms with Crippen molar-refractivity contribution in [2.45, 2.75) is 6.92 Å². The number of aromatic nitrogens is 2. The third kappa shape index (κ3) is 1.97. The predicted octanol–water partition coefficient (Wildman–Crippen LogP) is 2.74. The van der Waals surface area contributed by atoms with Crippen LogP contribution in [0.1, 0.15) is 5.56 Å². The van der Waals surface area contributed by atoms with Crippen molar-refractivity contribution < 1.29 is 4.92 Å². The smallest absolute Gasteiger partial charge is 0.306 e. The molecule has 20 heavy (non-hydrogen) atoms. The van der Waals surface area contributed by atoms with Gasteiger partial charge in [0.15, 0.2) is 0 Å². The molecule has 0 saturated carbocycles. The van der Waals surface area contributed by atoms with Gasteiger partial charge in [-0.25, -0.2) is 4.79 Å². The molecular weight excluding hydrogens is 258 g/mol. The van der Waals surface area contributed by atoms with Crippen LogP contribution in [0.2, 0.25) is 0 Å². The Labute approximate surface area is 113 Å². The number of fused-ring (bicyclic) bond motifs is 1. The maximum atomic E-state index is 11.2. The largest absolute Gasteiger partial charge is 0.323 e. The first-order chi connectivity index (χ1) is 9.54. The molecule has 0 unspecified atom stereocenters. The minimum Gasteiger partial charge on any atom is -0.306 e. The number of hydrogen-bond donors (Lipinski definition) is 2. The quantitative estimate of drug-likeness (QED) is 0.553. The van der Waals surface area contributed by atoms with Crippen LogP contribution in [0.25, 0.3) is 22.2 Å². The molecule has 0 bridgehead atoms. The van der Waals surface area contributed by atoms with Crippen molar-refractivity contribution in [1.82, 2.24) is 9.97 Å². The normalized spacial score (nSPS) is 10.8. The van der Waals surface area contributed by atoms with Crippen molar-refractivity contribution in [3.8, 4) is 11.1 Å². The number of imidazole rings is 1. The molecule has 0 radical (unpaired) electrons. The standard InChI is InChI=1S/C14H11N3O3/c1-8-2-4-10(17(19)20)7-11(8)9-3-5-12-13(6-9)16-14(18)15-12/h2-7H,1H3,(H2,15,16,18). The number of nitro benzene ring substituents is 1. The third-order valence-electron chi connectivity index (χ3n) is 3.26. The number of benzene rings is 2. The van der Waals surface area contributed by atoms with E-state index < -0.39 is 4.92 Å². The lowest BCUT2D eigenvalue weighted by Gasteiger charge is -2.06. The number of non-ortho nitro benzene ring substituents is 1. The van der Waals surface area contributed by atoms with E-state index in [0.717, 1.165) is 16.7 Å². The van der Waals surface area contributed by atoms with Crippen molar-refractivity contribution in [2.24, 2.45) is 0 Å². The summed E-state index contributed by atoms with van der Waals surface area (Å²) in [5.74, 6) is 0. The minimum absolute atomic E-state index is 0.0493. The molecule has 0 aliphatic heterocycles. The van der Waals surface area contributed by atoms with Gasteiger partial charge in [-0.1, -0.05) is 12.1 Å². The highest BCUT2D eigenvalue weighted by molar-refractivity contribution is 5.82. The molecule has 6 heteroatoms. The number of aromatic amines is 2. The lowest BCUT2D eigenvalue weighted by atomic mass is 9.99. The van der Waals surface area contributed by atoms with Crippen LogP contribution in [0.4, 0.5) is 5.69 Å². The molecule has 0 aliphatic rings. The lowest BCUT2D eigenvalue weighted by Crippen LogP contribution is -1.99. The summed E-state index contributed by atoms with van der Waals surface area (Å²) in [7, 11) is 0. The molecule has 1 aromatic heterocycles. The number of nitro groups is 1. The molecule has 6 nitrogen and oxygen atoms in total. The third-order valence-corrected chi connectivity index (χ3v) is 3.26. The van der Waals surface area contributed by atoms with Crippen molar-refractivity contribution in [3.05, 3.63) is 62.6 Å². The zero-order valence-electron chi connectivity index (χ0n) is 10.6. The molecular formula is C14H11N3O3. The highest BCUT2D eigenvalue weighted by Gasteiger charge is 2.11. The number of rotatable bonds is 2. The fourth-order valence-electron chi connectivity index (χ4n) is 2.23. The molecule has 0 saturated heterocycles. The van der Waals surface area contributed by atoms with Gasteiger partial charge in [0.05, 0.1) is 16.0 Å². The van der Waals surface area contributed by atoms with E-state index in [9.17, 15) is 14.9 Å². The average Bonchev–Trinajstić information content (AvgIpc) is 2.78. The fraction of sp³-hybridized carbons (Fsp3) is 0.0714. The van der Waals surface area contributed by atoms with E-state index in [0.29, 0.717) is 11.0 Å². The van der Waals surface area contributed by atoms with Gasteiger partial charge in [0.25, 0.3) is 5.69 Å². The van der Waals surface area contributed by atoms with Crippen LogP contribution in [-0.2, 0) is 0 Å². The van der Waals surface area contributed by atoms with Crippen LogP contribution in [0.5, 0.6) is 0 Å². The second-order valence-electron chi connectivity index (χ2n) is 4.60. The zero-order chi connectivity index (χ0) is 14.3. The maximum absolute atomic E-state index is 11.2. The van der Waals surface area contributed by atoms with Gasteiger partial charge in [-0.3, -0.25) is 10.1 Å². The number of nitrogens with one attached hydrogen (secondary N) is 2. The first-order valence-electron chi connectivity index (χ1n) is 6.02. The summed E-state index contributed by atoms with van der Waals surface area (Å²) in [4.78, 5) is 27.0. The Bertz CT molecular complexity index is 877. The van der Waals surface area contributed by atoms with Gasteiger partial charge in [0.2, 0.25) is 0 Å². The van der Waals surface area contributed by atoms with E-state index in [1.807, 2.05) is 13.0 Å². The van der Waals surface area contributed by atoms with Crippen LogP contribution < -0.4 is 5.69 Å². The SMILES string of the molecule is Cc1ccc([N+](=O)[O-])cc1-c1ccc2[nH]c(=O)[nH]c2c1. The monoisotopic (exact) mass is 269 g/mol. The molecule has 0 amide bonds. The average molecular weight is 269 g/mol. The summed E-state index contributed by atoms with van der Waals surface area (Å²) in [5.41, 5.74) is 3.71. The van der Waals surface area contributed by atoms with E-state index in [1.165, 1.54) is 6.07 Å². The van der Waals surface area contributed by atoms with E-state index in [1.54, 1.807) is 24.3 Å². The highest BCUT2D eigenvalue weighted by Crippen LogP contribution is 2.28. The molecule has 1 heterocycles. The number of hydrogen-bond acceptors (Lipinski definition) is 3. The van der Waals surface area contributed by atoms with Crippen molar-refractivity contribution in [2.75, 3.05) is 0 Å². The van der Waals surface area contributed by atoms with Gasteiger partial charge < -0.3 is 9.97 Å². The topological polar surface area (TPSA) is 91.8 Å². The molecule has 3 aromatic rings. The summed E-state index contributed by atoms with van der Waals surface area (Å²) in [6.45, 7) is 1.89. The Morgan fingerprint density at radius 2 is 1.80 bits per heavy atom. The van der Waals surface area contributed by atoms with E-state index in [4.69, 9.17) is 0 Å². The summed E-state index contributed by atoms with van der Waals surface area (Å²) in [5, 5.41) is 10.9. The molecule has 0 spiro atoms. The van der Waals surface area contributed by atoms with E-state index in [-0.39, 0.29) is 11.4 Å². The second-order valence-corrected chi connectivity index (χ2v) is 4.60. The summed E-state index contributed by atoms with van der Waals surface area (Å²) in [6, 6.07) is 10.2. The summed E-state index contributed by atoms with van der Waals surface area (Å²) < 4.78 is 0. The van der Waals surface area contributed by atoms with Gasteiger partial charge in [-0.05, 0) is 35.7 Å².